The molecule has 4 nitrogen and oxygen atoms in total. The maximum Gasteiger partial charge on any atom is 0.358 e. The molecule has 0 aliphatic heterocycles. The van der Waals surface area contributed by atoms with Crippen molar-refractivity contribution in [2.24, 2.45) is 0 Å². The van der Waals surface area contributed by atoms with Crippen LogP contribution in [0, 0.1) is 0 Å². The van der Waals surface area contributed by atoms with Crippen molar-refractivity contribution in [2.75, 3.05) is 6.61 Å². The molecule has 1 heterocycles. The van der Waals surface area contributed by atoms with E-state index in [4.69, 9.17) is 16.7 Å². The largest absolute Gasteiger partial charge is 0.506 e. The first-order valence-corrected chi connectivity index (χ1v) is 4.69. The number of esters is 1. The molecule has 0 atom stereocenters. The van der Waals surface area contributed by atoms with Gasteiger partial charge in [-0.3, -0.25) is 0 Å². The molecular weight excluding hydrogens is 244 g/mol. The molecular formula is C9H8ClF2NO3. The predicted octanol–water partition coefficient (Wildman–Crippen LogP) is 2.55. The van der Waals surface area contributed by atoms with E-state index in [0.29, 0.717) is 0 Å². The zero-order chi connectivity index (χ0) is 12.3. The molecule has 0 fully saturated rings. The third-order valence-electron chi connectivity index (χ3n) is 1.66. The zero-order valence-electron chi connectivity index (χ0n) is 8.21. The minimum atomic E-state index is -2.99. The van der Waals surface area contributed by atoms with E-state index in [2.05, 4.69) is 9.72 Å². The Kier molecular flexibility index (Phi) is 4.00. The summed E-state index contributed by atoms with van der Waals surface area (Å²) in [6, 6.07) is 0.836. The summed E-state index contributed by atoms with van der Waals surface area (Å²) >= 11 is 5.57. The number of alkyl halides is 2. The Labute approximate surface area is 94.8 Å². The molecule has 0 aliphatic rings. The van der Waals surface area contributed by atoms with Crippen LogP contribution < -0.4 is 0 Å². The number of rotatable bonds is 3. The summed E-state index contributed by atoms with van der Waals surface area (Å²) in [4.78, 5) is 14.5. The molecule has 0 unspecified atom stereocenters. The van der Waals surface area contributed by atoms with Crippen molar-refractivity contribution in [1.82, 2.24) is 4.98 Å². The standard InChI is InChI=1S/C9H8ClF2NO3/c1-2-16-9(15)6-4(10)3-5(14)7(13-6)8(11)12/h3,8,14H,2H2,1H3. The van der Waals surface area contributed by atoms with Gasteiger partial charge in [0.2, 0.25) is 0 Å². The van der Waals surface area contributed by atoms with Crippen molar-refractivity contribution in [2.45, 2.75) is 13.3 Å². The minimum absolute atomic E-state index is 0.0712. The van der Waals surface area contributed by atoms with E-state index >= 15 is 0 Å². The summed E-state index contributed by atoms with van der Waals surface area (Å²) in [5.74, 6) is -1.66. The van der Waals surface area contributed by atoms with Gasteiger partial charge >= 0.3 is 5.97 Å². The SMILES string of the molecule is CCOC(=O)c1nc(C(F)F)c(O)cc1Cl. The predicted molar refractivity (Wildman–Crippen MR) is 51.8 cm³/mol. The highest BCUT2D eigenvalue weighted by atomic mass is 35.5. The van der Waals surface area contributed by atoms with Crippen LogP contribution in [0.5, 0.6) is 5.75 Å². The minimum Gasteiger partial charge on any atom is -0.506 e. The number of carbonyl (C=O) groups excluding carboxylic acids is 1. The fraction of sp³-hybridized carbons (Fsp3) is 0.333. The van der Waals surface area contributed by atoms with Crippen molar-refractivity contribution < 1.29 is 23.4 Å². The van der Waals surface area contributed by atoms with Gasteiger partial charge in [0.15, 0.2) is 5.69 Å². The number of pyridine rings is 1. The second-order valence-corrected chi connectivity index (χ2v) is 3.15. The highest BCUT2D eigenvalue weighted by Gasteiger charge is 2.22. The van der Waals surface area contributed by atoms with Crippen molar-refractivity contribution in [3.63, 3.8) is 0 Å². The van der Waals surface area contributed by atoms with Gasteiger partial charge in [-0.05, 0) is 6.92 Å². The Hall–Kier alpha value is -1.43. The molecule has 0 radical (unpaired) electrons. The van der Waals surface area contributed by atoms with Gasteiger partial charge < -0.3 is 9.84 Å². The Morgan fingerprint density at radius 2 is 2.31 bits per heavy atom. The van der Waals surface area contributed by atoms with Crippen LogP contribution in [-0.2, 0) is 4.74 Å². The molecule has 0 aliphatic carbocycles. The van der Waals surface area contributed by atoms with Gasteiger partial charge in [-0.15, -0.1) is 0 Å². The van der Waals surface area contributed by atoms with Crippen LogP contribution in [0.4, 0.5) is 8.78 Å². The van der Waals surface area contributed by atoms with Gasteiger partial charge in [0.05, 0.1) is 11.6 Å². The Balaban J connectivity index is 3.19. The topological polar surface area (TPSA) is 59.4 Å². The van der Waals surface area contributed by atoms with Gasteiger partial charge in [-0.1, -0.05) is 11.6 Å². The molecule has 88 valence electrons. The third kappa shape index (κ3) is 2.57. The smallest absolute Gasteiger partial charge is 0.358 e. The van der Waals surface area contributed by atoms with E-state index in [-0.39, 0.29) is 11.6 Å². The summed E-state index contributed by atoms with van der Waals surface area (Å²) in [6.45, 7) is 1.63. The number of nitrogens with zero attached hydrogens (tertiary/aromatic N) is 1. The number of ether oxygens (including phenoxy) is 1. The lowest BCUT2D eigenvalue weighted by molar-refractivity contribution is 0.0518. The Bertz CT molecular complexity index is 412. The van der Waals surface area contributed by atoms with Crippen LogP contribution in [0.1, 0.15) is 29.5 Å². The van der Waals surface area contributed by atoms with Crippen LogP contribution in [0.2, 0.25) is 5.02 Å². The Morgan fingerprint density at radius 3 is 2.81 bits per heavy atom. The molecule has 1 aromatic rings. The van der Waals surface area contributed by atoms with Gasteiger partial charge in [-0.25, -0.2) is 18.6 Å². The molecule has 0 aromatic carbocycles. The summed E-state index contributed by atoms with van der Waals surface area (Å²) in [5.41, 5.74) is -1.33. The maximum absolute atomic E-state index is 12.4. The highest BCUT2D eigenvalue weighted by Crippen LogP contribution is 2.30. The average molecular weight is 252 g/mol. The number of carbonyl (C=O) groups is 1. The normalized spacial score (nSPS) is 10.6. The van der Waals surface area contributed by atoms with Crippen molar-refractivity contribution in [3.05, 3.63) is 22.5 Å². The number of aromatic hydroxyl groups is 1. The van der Waals surface area contributed by atoms with Gasteiger partial charge in [-0.2, -0.15) is 0 Å². The molecule has 0 saturated heterocycles. The Morgan fingerprint density at radius 1 is 1.69 bits per heavy atom. The van der Waals surface area contributed by atoms with E-state index < -0.39 is 29.5 Å². The molecule has 1 N–H and O–H groups in total. The molecule has 0 saturated carbocycles. The van der Waals surface area contributed by atoms with Gasteiger partial charge in [0, 0.05) is 6.07 Å². The van der Waals surface area contributed by atoms with Crippen molar-refractivity contribution in [1.29, 1.82) is 0 Å². The monoisotopic (exact) mass is 251 g/mol. The number of hydrogen-bond acceptors (Lipinski definition) is 4. The fourth-order valence-electron chi connectivity index (χ4n) is 0.997. The fourth-order valence-corrected chi connectivity index (χ4v) is 1.22. The lowest BCUT2D eigenvalue weighted by Crippen LogP contribution is -2.09. The quantitative estimate of drug-likeness (QED) is 0.839. The van der Waals surface area contributed by atoms with Crippen LogP contribution >= 0.6 is 11.6 Å². The summed E-state index contributed by atoms with van der Waals surface area (Å²) in [6.07, 6.45) is -2.99. The first-order valence-electron chi connectivity index (χ1n) is 4.32. The number of hydrogen-bond donors (Lipinski definition) is 1. The second-order valence-electron chi connectivity index (χ2n) is 2.74. The molecule has 16 heavy (non-hydrogen) atoms. The molecule has 1 rings (SSSR count). The summed E-state index contributed by atoms with van der Waals surface area (Å²) in [5, 5.41) is 8.88. The molecule has 0 bridgehead atoms. The first-order chi connectivity index (χ1) is 7.47. The summed E-state index contributed by atoms with van der Waals surface area (Å²) < 4.78 is 29.3. The van der Waals surface area contributed by atoms with Crippen molar-refractivity contribution >= 4 is 17.6 Å². The van der Waals surface area contributed by atoms with Crippen LogP contribution in [0.25, 0.3) is 0 Å². The van der Waals surface area contributed by atoms with Gasteiger partial charge in [0.25, 0.3) is 6.43 Å². The van der Waals surface area contributed by atoms with E-state index in [9.17, 15) is 13.6 Å². The van der Waals surface area contributed by atoms with E-state index in [1.807, 2.05) is 0 Å². The van der Waals surface area contributed by atoms with Gasteiger partial charge in [0.1, 0.15) is 11.4 Å². The average Bonchev–Trinajstić information content (AvgIpc) is 2.17. The van der Waals surface area contributed by atoms with Crippen LogP contribution in [0.15, 0.2) is 6.07 Å². The molecule has 1 aromatic heterocycles. The lowest BCUT2D eigenvalue weighted by Gasteiger charge is -2.07. The first kappa shape index (κ1) is 12.6. The van der Waals surface area contributed by atoms with E-state index in [1.54, 1.807) is 6.92 Å². The number of halogens is 3. The second kappa shape index (κ2) is 5.07. The van der Waals surface area contributed by atoms with Crippen LogP contribution in [-0.4, -0.2) is 22.7 Å². The van der Waals surface area contributed by atoms with Crippen molar-refractivity contribution in [3.8, 4) is 5.75 Å². The van der Waals surface area contributed by atoms with Crippen LogP contribution in [0.3, 0.4) is 0 Å². The van der Waals surface area contributed by atoms with E-state index in [0.717, 1.165) is 6.07 Å². The molecule has 7 heteroatoms. The lowest BCUT2D eigenvalue weighted by atomic mass is 10.2. The summed E-state index contributed by atoms with van der Waals surface area (Å²) in [7, 11) is 0. The molecule has 0 amide bonds. The zero-order valence-corrected chi connectivity index (χ0v) is 8.96. The molecule has 0 spiro atoms. The van der Waals surface area contributed by atoms with E-state index in [1.165, 1.54) is 0 Å². The highest BCUT2D eigenvalue weighted by molar-refractivity contribution is 6.33. The third-order valence-corrected chi connectivity index (χ3v) is 1.95. The maximum atomic E-state index is 12.4. The number of aromatic nitrogens is 1.